The summed E-state index contributed by atoms with van der Waals surface area (Å²) in [6.45, 7) is 4.00. The number of aromatic amines is 1. The summed E-state index contributed by atoms with van der Waals surface area (Å²) in [6.07, 6.45) is 0.649. The van der Waals surface area contributed by atoms with Crippen molar-refractivity contribution in [3.05, 3.63) is 71.4 Å². The van der Waals surface area contributed by atoms with Crippen LogP contribution in [-0.2, 0) is 17.0 Å². The van der Waals surface area contributed by atoms with Crippen LogP contribution in [0.1, 0.15) is 29.3 Å². The Bertz CT molecular complexity index is 1150. The monoisotopic (exact) mass is 434 g/mol. The molecule has 0 aliphatic rings. The van der Waals surface area contributed by atoms with Gasteiger partial charge in [-0.1, -0.05) is 53.3 Å². The Labute approximate surface area is 183 Å². The fourth-order valence-corrected chi connectivity index (χ4v) is 3.75. The normalized spacial score (nSPS) is 10.9. The quantitative estimate of drug-likeness (QED) is 0.397. The summed E-state index contributed by atoms with van der Waals surface area (Å²) in [6, 6.07) is 15.7. The number of carbonyl (C=O) groups excluding carboxylic acids is 1. The van der Waals surface area contributed by atoms with E-state index in [-0.39, 0.29) is 12.3 Å². The maximum Gasteiger partial charge on any atom is 0.227 e. The molecule has 4 rings (SSSR count). The summed E-state index contributed by atoms with van der Waals surface area (Å²) >= 11 is 1.41. The minimum Gasteiger partial charge on any atom is -0.339 e. The second-order valence-electron chi connectivity index (χ2n) is 7.15. The fourth-order valence-electron chi connectivity index (χ4n) is 3.11. The van der Waals surface area contributed by atoms with E-state index in [0.29, 0.717) is 34.9 Å². The molecule has 31 heavy (non-hydrogen) atoms. The molecular weight excluding hydrogens is 412 g/mol. The van der Waals surface area contributed by atoms with Crippen molar-refractivity contribution in [1.82, 2.24) is 25.3 Å². The summed E-state index contributed by atoms with van der Waals surface area (Å²) in [4.78, 5) is 21.0. The van der Waals surface area contributed by atoms with E-state index in [0.717, 1.165) is 22.4 Å². The number of amides is 1. The second-order valence-corrected chi connectivity index (χ2v) is 8.09. The molecule has 2 heterocycles. The van der Waals surface area contributed by atoms with Crippen LogP contribution >= 0.6 is 11.8 Å². The number of rotatable bonds is 8. The van der Waals surface area contributed by atoms with Crippen molar-refractivity contribution in [1.29, 1.82) is 0 Å². The summed E-state index contributed by atoms with van der Waals surface area (Å²) in [5, 5.41) is 14.6. The summed E-state index contributed by atoms with van der Waals surface area (Å²) in [7, 11) is 0. The molecule has 9 heteroatoms. The van der Waals surface area contributed by atoms with Gasteiger partial charge in [0.2, 0.25) is 17.0 Å². The lowest BCUT2D eigenvalue weighted by Gasteiger charge is -2.06. The van der Waals surface area contributed by atoms with E-state index in [1.807, 2.05) is 56.3 Å². The van der Waals surface area contributed by atoms with Gasteiger partial charge in [-0.05, 0) is 37.1 Å². The number of nitrogens with one attached hydrogen (secondary N) is 2. The number of nitrogens with zero attached hydrogens (tertiary/aromatic N) is 4. The highest BCUT2D eigenvalue weighted by molar-refractivity contribution is 7.98. The van der Waals surface area contributed by atoms with Crippen LogP contribution in [0, 0.1) is 13.8 Å². The summed E-state index contributed by atoms with van der Waals surface area (Å²) in [5.41, 5.74) is 3.99. The van der Waals surface area contributed by atoms with Crippen molar-refractivity contribution >= 4 is 23.4 Å². The molecule has 0 radical (unpaired) electrons. The van der Waals surface area contributed by atoms with Gasteiger partial charge in [0.15, 0.2) is 11.6 Å². The molecule has 0 aliphatic heterocycles. The fraction of sp³-hybridized carbons (Fsp3) is 0.227. The lowest BCUT2D eigenvalue weighted by Crippen LogP contribution is -2.12. The number of carbonyl (C=O) groups is 1. The number of aryl methyl sites for hydroxylation is 3. The van der Waals surface area contributed by atoms with Crippen LogP contribution in [0.5, 0.6) is 0 Å². The third-order valence-corrected chi connectivity index (χ3v) is 5.27. The Morgan fingerprint density at radius 3 is 2.65 bits per heavy atom. The van der Waals surface area contributed by atoms with Gasteiger partial charge in [-0.15, -0.1) is 5.10 Å². The van der Waals surface area contributed by atoms with E-state index < -0.39 is 0 Å². The highest BCUT2D eigenvalue weighted by Gasteiger charge is 2.12. The van der Waals surface area contributed by atoms with Crippen molar-refractivity contribution in [3.63, 3.8) is 0 Å². The highest BCUT2D eigenvalue weighted by atomic mass is 32.2. The first kappa shape index (κ1) is 20.8. The molecule has 158 valence electrons. The summed E-state index contributed by atoms with van der Waals surface area (Å²) < 4.78 is 5.26. The number of anilines is 1. The standard InChI is InChI=1S/C22H22N6O2S/c1-14-10-15(2)12-17(11-14)23-19(29)8-9-20-24-18(28-30-20)13-31-22-25-21(26-27-22)16-6-4-3-5-7-16/h3-7,10-12H,8-9,13H2,1-2H3,(H,23,29)(H,25,26,27). The second kappa shape index (κ2) is 9.57. The Morgan fingerprint density at radius 2 is 1.87 bits per heavy atom. The molecule has 0 saturated carbocycles. The predicted molar refractivity (Wildman–Crippen MR) is 119 cm³/mol. The first-order valence-corrected chi connectivity index (χ1v) is 10.8. The van der Waals surface area contributed by atoms with Crippen molar-refractivity contribution in [2.75, 3.05) is 5.32 Å². The molecule has 2 aromatic carbocycles. The van der Waals surface area contributed by atoms with Crippen LogP contribution < -0.4 is 5.32 Å². The number of H-pyrrole nitrogens is 1. The molecule has 0 unspecified atom stereocenters. The minimum atomic E-state index is -0.0895. The number of benzene rings is 2. The van der Waals surface area contributed by atoms with Gasteiger partial charge in [0, 0.05) is 24.1 Å². The van der Waals surface area contributed by atoms with Gasteiger partial charge in [-0.3, -0.25) is 9.89 Å². The van der Waals surface area contributed by atoms with Crippen LogP contribution in [0.4, 0.5) is 5.69 Å². The molecule has 4 aromatic rings. The first-order valence-electron chi connectivity index (χ1n) is 9.85. The van der Waals surface area contributed by atoms with Gasteiger partial charge in [0.1, 0.15) is 0 Å². The third-order valence-electron chi connectivity index (χ3n) is 4.42. The molecule has 2 aromatic heterocycles. The number of hydrogen-bond acceptors (Lipinski definition) is 7. The zero-order chi connectivity index (χ0) is 21.6. The molecule has 0 aliphatic carbocycles. The Morgan fingerprint density at radius 1 is 1.10 bits per heavy atom. The Balaban J connectivity index is 1.26. The Hall–Kier alpha value is -3.46. The number of aromatic nitrogens is 5. The minimum absolute atomic E-state index is 0.0895. The molecular formula is C22H22N6O2S. The third kappa shape index (κ3) is 5.79. The van der Waals surface area contributed by atoms with Crippen LogP contribution in [-0.4, -0.2) is 31.2 Å². The Kier molecular flexibility index (Phi) is 6.42. The van der Waals surface area contributed by atoms with Crippen LogP contribution in [0.2, 0.25) is 0 Å². The van der Waals surface area contributed by atoms with Gasteiger partial charge in [0.05, 0.1) is 5.75 Å². The van der Waals surface area contributed by atoms with Gasteiger partial charge in [-0.2, -0.15) is 4.98 Å². The zero-order valence-corrected chi connectivity index (χ0v) is 18.1. The van der Waals surface area contributed by atoms with Gasteiger partial charge in [0.25, 0.3) is 0 Å². The summed E-state index contributed by atoms with van der Waals surface area (Å²) in [5.74, 6) is 2.08. The van der Waals surface area contributed by atoms with Crippen molar-refractivity contribution in [3.8, 4) is 11.4 Å². The predicted octanol–water partition coefficient (Wildman–Crippen LogP) is 4.34. The van der Waals surface area contributed by atoms with E-state index in [4.69, 9.17) is 4.52 Å². The molecule has 2 N–H and O–H groups in total. The maximum absolute atomic E-state index is 12.2. The van der Waals surface area contributed by atoms with Crippen LogP contribution in [0.25, 0.3) is 11.4 Å². The molecule has 0 spiro atoms. The van der Waals surface area contributed by atoms with Crippen molar-refractivity contribution in [2.45, 2.75) is 37.6 Å². The number of thioether (sulfide) groups is 1. The van der Waals surface area contributed by atoms with E-state index >= 15 is 0 Å². The topological polar surface area (TPSA) is 110 Å². The van der Waals surface area contributed by atoms with Gasteiger partial charge >= 0.3 is 0 Å². The average molecular weight is 435 g/mol. The molecule has 8 nitrogen and oxygen atoms in total. The van der Waals surface area contributed by atoms with E-state index in [1.54, 1.807) is 0 Å². The van der Waals surface area contributed by atoms with Gasteiger partial charge in [-0.25, -0.2) is 4.98 Å². The van der Waals surface area contributed by atoms with E-state index in [1.165, 1.54) is 11.8 Å². The van der Waals surface area contributed by atoms with E-state index in [9.17, 15) is 4.79 Å². The highest BCUT2D eigenvalue weighted by Crippen LogP contribution is 2.21. The molecule has 0 bridgehead atoms. The molecule has 0 saturated heterocycles. The van der Waals surface area contributed by atoms with Crippen LogP contribution in [0.3, 0.4) is 0 Å². The van der Waals surface area contributed by atoms with Gasteiger partial charge < -0.3 is 9.84 Å². The lowest BCUT2D eigenvalue weighted by molar-refractivity contribution is -0.116. The first-order chi connectivity index (χ1) is 15.0. The number of hydrogen-bond donors (Lipinski definition) is 2. The van der Waals surface area contributed by atoms with Crippen molar-refractivity contribution < 1.29 is 9.32 Å². The maximum atomic E-state index is 12.2. The van der Waals surface area contributed by atoms with Crippen molar-refractivity contribution in [2.24, 2.45) is 0 Å². The average Bonchev–Trinajstić information content (AvgIpc) is 3.40. The zero-order valence-electron chi connectivity index (χ0n) is 17.3. The van der Waals surface area contributed by atoms with E-state index in [2.05, 4.69) is 36.7 Å². The SMILES string of the molecule is Cc1cc(C)cc(NC(=O)CCc2nc(CSc3n[nH]c(-c4ccccc4)n3)no2)c1. The molecule has 0 atom stereocenters. The molecule has 0 fully saturated rings. The smallest absolute Gasteiger partial charge is 0.227 e. The van der Waals surface area contributed by atoms with Crippen LogP contribution in [0.15, 0.2) is 58.2 Å². The lowest BCUT2D eigenvalue weighted by atomic mass is 10.1. The largest absolute Gasteiger partial charge is 0.339 e. The molecule has 1 amide bonds.